The molecular formula is C17H14O2. The predicted molar refractivity (Wildman–Crippen MR) is 77.4 cm³/mol. The average molecular weight is 250 g/mol. The molecule has 0 radical (unpaired) electrons. The molecule has 0 amide bonds. The maximum atomic E-state index is 10.6. The molecule has 0 saturated carbocycles. The fourth-order valence-corrected chi connectivity index (χ4v) is 1.78. The Bertz CT molecular complexity index is 655. The Morgan fingerprint density at radius 1 is 0.737 bits per heavy atom. The number of rotatable bonds is 1. The van der Waals surface area contributed by atoms with Crippen LogP contribution in [-0.4, -0.2) is 11.4 Å². The molecule has 0 aliphatic rings. The van der Waals surface area contributed by atoms with Gasteiger partial charge in [0.15, 0.2) is 6.29 Å². The highest BCUT2D eigenvalue weighted by Gasteiger charge is 1.96. The molecule has 3 aromatic rings. The van der Waals surface area contributed by atoms with Gasteiger partial charge >= 0.3 is 0 Å². The fraction of sp³-hybridized carbons (Fsp3) is 0. The number of phenols is 1. The Hall–Kier alpha value is -2.61. The lowest BCUT2D eigenvalue weighted by molar-refractivity contribution is 0.112. The van der Waals surface area contributed by atoms with Gasteiger partial charge in [-0.2, -0.15) is 0 Å². The van der Waals surface area contributed by atoms with Gasteiger partial charge in [0.05, 0.1) is 0 Å². The van der Waals surface area contributed by atoms with Crippen molar-refractivity contribution in [3.63, 3.8) is 0 Å². The minimum Gasteiger partial charge on any atom is -0.508 e. The molecule has 0 spiro atoms. The molecule has 2 nitrogen and oxygen atoms in total. The summed E-state index contributed by atoms with van der Waals surface area (Å²) in [5, 5.41) is 10.8. The fourth-order valence-electron chi connectivity index (χ4n) is 1.78. The number of phenolic OH excluding ortho intramolecular Hbond substituents is 1. The molecule has 94 valence electrons. The van der Waals surface area contributed by atoms with Crippen LogP contribution in [0.25, 0.3) is 10.8 Å². The molecule has 3 aromatic carbocycles. The highest BCUT2D eigenvalue weighted by atomic mass is 16.3. The molecule has 0 heterocycles. The van der Waals surface area contributed by atoms with Gasteiger partial charge in [0.2, 0.25) is 0 Å². The summed E-state index contributed by atoms with van der Waals surface area (Å²) in [5.41, 5.74) is 0.758. The highest BCUT2D eigenvalue weighted by Crippen LogP contribution is 2.16. The molecule has 2 heteroatoms. The van der Waals surface area contributed by atoms with E-state index in [0.29, 0.717) is 5.75 Å². The molecule has 1 N–H and O–H groups in total. The topological polar surface area (TPSA) is 37.3 Å². The number of aromatic hydroxyl groups is 1. The maximum absolute atomic E-state index is 10.6. The van der Waals surface area contributed by atoms with E-state index < -0.39 is 0 Å². The van der Waals surface area contributed by atoms with Crippen molar-refractivity contribution in [1.29, 1.82) is 0 Å². The van der Waals surface area contributed by atoms with Crippen molar-refractivity contribution in [1.82, 2.24) is 0 Å². The molecule has 3 rings (SSSR count). The third-order valence-corrected chi connectivity index (χ3v) is 2.71. The molecule has 0 fully saturated rings. The first-order valence-electron chi connectivity index (χ1n) is 5.98. The number of para-hydroxylation sites is 1. The summed E-state index contributed by atoms with van der Waals surface area (Å²) >= 11 is 0. The lowest BCUT2D eigenvalue weighted by Crippen LogP contribution is -1.81. The van der Waals surface area contributed by atoms with Gasteiger partial charge in [0, 0.05) is 5.56 Å². The molecule has 0 aromatic heterocycles. The predicted octanol–water partition coefficient (Wildman–Crippen LogP) is 4.04. The highest BCUT2D eigenvalue weighted by molar-refractivity contribution is 5.97. The van der Waals surface area contributed by atoms with Crippen molar-refractivity contribution in [3.05, 3.63) is 78.4 Å². The van der Waals surface area contributed by atoms with Gasteiger partial charge in [-0.1, -0.05) is 60.7 Å². The van der Waals surface area contributed by atoms with Crippen LogP contribution in [0.5, 0.6) is 5.75 Å². The van der Waals surface area contributed by atoms with Crippen molar-refractivity contribution >= 4 is 17.1 Å². The second-order valence-corrected chi connectivity index (χ2v) is 4.02. The van der Waals surface area contributed by atoms with Gasteiger partial charge in [-0.25, -0.2) is 0 Å². The number of hydrogen-bond acceptors (Lipinski definition) is 2. The van der Waals surface area contributed by atoms with E-state index in [-0.39, 0.29) is 0 Å². The van der Waals surface area contributed by atoms with Gasteiger partial charge in [-0.05, 0) is 22.9 Å². The molecule has 0 saturated heterocycles. The van der Waals surface area contributed by atoms with Gasteiger partial charge in [0.1, 0.15) is 5.75 Å². The van der Waals surface area contributed by atoms with Crippen LogP contribution in [0.15, 0.2) is 72.8 Å². The molecule has 19 heavy (non-hydrogen) atoms. The number of carbonyl (C=O) groups excluding carboxylic acids is 1. The molecule has 0 aliphatic heterocycles. The van der Waals surface area contributed by atoms with E-state index >= 15 is 0 Å². The zero-order valence-corrected chi connectivity index (χ0v) is 10.4. The van der Waals surface area contributed by atoms with E-state index in [1.807, 2.05) is 48.5 Å². The smallest absolute Gasteiger partial charge is 0.150 e. The minimum absolute atomic E-state index is 0.322. The summed E-state index contributed by atoms with van der Waals surface area (Å²) in [6, 6.07) is 22.3. The lowest BCUT2D eigenvalue weighted by atomic mass is 10.1. The quantitative estimate of drug-likeness (QED) is 0.662. The van der Waals surface area contributed by atoms with E-state index in [2.05, 4.69) is 0 Å². The summed E-state index contributed by atoms with van der Waals surface area (Å²) < 4.78 is 0. The summed E-state index contributed by atoms with van der Waals surface area (Å²) in [5.74, 6) is 0.322. The Morgan fingerprint density at radius 2 is 1.37 bits per heavy atom. The van der Waals surface area contributed by atoms with Crippen LogP contribution in [-0.2, 0) is 0 Å². The van der Waals surface area contributed by atoms with Gasteiger partial charge in [-0.3, -0.25) is 4.79 Å². The first-order chi connectivity index (χ1) is 9.31. The van der Waals surface area contributed by atoms with E-state index in [4.69, 9.17) is 5.11 Å². The van der Waals surface area contributed by atoms with E-state index in [9.17, 15) is 4.79 Å². The third kappa shape index (κ3) is 3.42. The molecule has 0 atom stereocenters. The van der Waals surface area contributed by atoms with Crippen molar-refractivity contribution < 1.29 is 9.90 Å². The molecule has 0 bridgehead atoms. The summed E-state index contributed by atoms with van der Waals surface area (Å²) in [7, 11) is 0. The standard InChI is InChI=1S/C11H8O.C6H6O/c12-8-10-6-3-5-9-4-1-2-7-11(9)10;7-6-4-2-1-3-5-6/h1-8H;1-5,7H. The monoisotopic (exact) mass is 250 g/mol. The normalized spacial score (nSPS) is 9.47. The Kier molecular flexibility index (Phi) is 4.29. The van der Waals surface area contributed by atoms with Crippen LogP contribution >= 0.6 is 0 Å². The van der Waals surface area contributed by atoms with Crippen LogP contribution in [0.2, 0.25) is 0 Å². The van der Waals surface area contributed by atoms with Crippen LogP contribution in [0.1, 0.15) is 10.4 Å². The number of aldehydes is 1. The zero-order chi connectivity index (χ0) is 13.5. The zero-order valence-electron chi connectivity index (χ0n) is 10.4. The Labute approximate surface area is 111 Å². The lowest BCUT2D eigenvalue weighted by Gasteiger charge is -1.98. The number of carbonyl (C=O) groups is 1. The minimum atomic E-state index is 0.322. The van der Waals surface area contributed by atoms with Crippen LogP contribution in [0, 0.1) is 0 Å². The van der Waals surface area contributed by atoms with E-state index in [1.54, 1.807) is 24.3 Å². The van der Waals surface area contributed by atoms with Crippen molar-refractivity contribution in [2.45, 2.75) is 0 Å². The Balaban J connectivity index is 0.000000163. The number of fused-ring (bicyclic) bond motifs is 1. The van der Waals surface area contributed by atoms with Crippen LogP contribution in [0.3, 0.4) is 0 Å². The maximum Gasteiger partial charge on any atom is 0.150 e. The second kappa shape index (κ2) is 6.36. The number of hydrogen-bond donors (Lipinski definition) is 1. The van der Waals surface area contributed by atoms with Crippen molar-refractivity contribution in [2.24, 2.45) is 0 Å². The van der Waals surface area contributed by atoms with Gasteiger partial charge < -0.3 is 5.11 Å². The molecule has 0 unspecified atom stereocenters. The van der Waals surface area contributed by atoms with Crippen molar-refractivity contribution in [2.75, 3.05) is 0 Å². The third-order valence-electron chi connectivity index (χ3n) is 2.71. The van der Waals surface area contributed by atoms with E-state index in [1.165, 1.54) is 0 Å². The van der Waals surface area contributed by atoms with Crippen LogP contribution in [0.4, 0.5) is 0 Å². The second-order valence-electron chi connectivity index (χ2n) is 4.02. The summed E-state index contributed by atoms with van der Waals surface area (Å²) in [4.78, 5) is 10.6. The molecular weight excluding hydrogens is 236 g/mol. The summed E-state index contributed by atoms with van der Waals surface area (Å²) in [6.45, 7) is 0. The largest absolute Gasteiger partial charge is 0.508 e. The first kappa shape index (κ1) is 12.8. The van der Waals surface area contributed by atoms with E-state index in [0.717, 1.165) is 22.6 Å². The van der Waals surface area contributed by atoms with Crippen molar-refractivity contribution in [3.8, 4) is 5.75 Å². The van der Waals surface area contributed by atoms with Crippen LogP contribution < -0.4 is 0 Å². The molecule has 0 aliphatic carbocycles. The SMILES string of the molecule is O=Cc1cccc2ccccc12.Oc1ccccc1. The average Bonchev–Trinajstić information content (AvgIpc) is 2.48. The van der Waals surface area contributed by atoms with Gasteiger partial charge in [-0.15, -0.1) is 0 Å². The number of benzene rings is 3. The summed E-state index contributed by atoms with van der Waals surface area (Å²) in [6.07, 6.45) is 0.891. The van der Waals surface area contributed by atoms with Gasteiger partial charge in [0.25, 0.3) is 0 Å². The Morgan fingerprint density at radius 3 is 2.00 bits per heavy atom. The first-order valence-corrected chi connectivity index (χ1v) is 5.98.